The molecule has 0 bridgehead atoms. The van der Waals surface area contributed by atoms with Crippen molar-refractivity contribution >= 4 is 25.7 Å². The van der Waals surface area contributed by atoms with E-state index in [2.05, 4.69) is 54.8 Å². The smallest absolute Gasteiger partial charge is 0.472 e. The molecule has 0 aromatic heterocycles. The summed E-state index contributed by atoms with van der Waals surface area (Å²) in [6.45, 7) is 2.71. The van der Waals surface area contributed by atoms with E-state index in [1.165, 1.54) is 44.9 Å². The predicted molar refractivity (Wildman–Crippen MR) is 208 cm³/mol. The van der Waals surface area contributed by atoms with Crippen molar-refractivity contribution in [2.75, 3.05) is 19.8 Å². The monoisotopic (exact) mass is 757 g/mol. The number of rotatable bonds is 37. The molecule has 0 aromatic carbocycles. The van der Waals surface area contributed by atoms with Gasteiger partial charge in [-0.25, -0.2) is 4.57 Å². The Morgan fingerprint density at radius 3 is 1.58 bits per heavy atom. The number of phosphoric acid groups is 1. The van der Waals surface area contributed by atoms with Gasteiger partial charge < -0.3 is 25.2 Å². The third-order valence-electron chi connectivity index (χ3n) is 8.36. The summed E-state index contributed by atoms with van der Waals surface area (Å²) in [5, 5.41) is 8.86. The molecule has 11 nitrogen and oxygen atoms in total. The molecule has 0 fully saturated rings. The maximum atomic E-state index is 12.6. The second kappa shape index (κ2) is 35.7. The van der Waals surface area contributed by atoms with Crippen LogP contribution in [0, 0.1) is 0 Å². The summed E-state index contributed by atoms with van der Waals surface area (Å²) in [5.74, 6) is -2.41. The summed E-state index contributed by atoms with van der Waals surface area (Å²) in [5.41, 5.74) is 5.32. The molecule has 0 saturated heterocycles. The molecule has 12 heteroatoms. The molecule has 0 heterocycles. The van der Waals surface area contributed by atoms with Crippen LogP contribution in [0.1, 0.15) is 168 Å². The highest BCUT2D eigenvalue weighted by atomic mass is 31.2. The van der Waals surface area contributed by atoms with Gasteiger partial charge in [-0.15, -0.1) is 0 Å². The van der Waals surface area contributed by atoms with Gasteiger partial charge in [0, 0.05) is 12.8 Å². The van der Waals surface area contributed by atoms with Gasteiger partial charge in [-0.05, 0) is 64.2 Å². The number of phosphoric ester groups is 1. The molecule has 3 atom stereocenters. The second-order valence-corrected chi connectivity index (χ2v) is 14.9. The quantitative estimate of drug-likeness (QED) is 0.0238. The first-order chi connectivity index (χ1) is 25.1. The first kappa shape index (κ1) is 49.7. The zero-order chi connectivity index (χ0) is 38.5. The van der Waals surface area contributed by atoms with Crippen molar-refractivity contribution in [3.05, 3.63) is 36.5 Å². The lowest BCUT2D eigenvalue weighted by Crippen LogP contribution is -2.34. The van der Waals surface area contributed by atoms with Gasteiger partial charge in [0.25, 0.3) is 0 Å². The molecular weight excluding hydrogens is 685 g/mol. The van der Waals surface area contributed by atoms with E-state index in [1.54, 1.807) is 0 Å². The van der Waals surface area contributed by atoms with Crippen molar-refractivity contribution in [1.29, 1.82) is 0 Å². The van der Waals surface area contributed by atoms with Crippen molar-refractivity contribution < 1.29 is 47.5 Å². The maximum Gasteiger partial charge on any atom is 0.472 e. The molecule has 0 aliphatic heterocycles. The lowest BCUT2D eigenvalue weighted by molar-refractivity contribution is -0.161. The Hall–Kier alpha value is -2.30. The minimum Gasteiger partial charge on any atom is -0.480 e. The number of esters is 2. The van der Waals surface area contributed by atoms with E-state index in [-0.39, 0.29) is 19.4 Å². The van der Waals surface area contributed by atoms with Crippen LogP contribution >= 0.6 is 7.82 Å². The maximum absolute atomic E-state index is 12.6. The van der Waals surface area contributed by atoms with Crippen LogP contribution in [0.25, 0.3) is 0 Å². The minimum absolute atomic E-state index is 0.143. The highest BCUT2D eigenvalue weighted by Crippen LogP contribution is 2.43. The zero-order valence-electron chi connectivity index (χ0n) is 32.4. The molecule has 0 saturated carbocycles. The number of carboxylic acid groups (broad SMARTS) is 1. The van der Waals surface area contributed by atoms with Gasteiger partial charge in [0.05, 0.1) is 13.2 Å². The Bertz CT molecular complexity index is 1030. The average Bonchev–Trinajstić information content (AvgIpc) is 3.12. The molecule has 0 aliphatic rings. The third-order valence-corrected chi connectivity index (χ3v) is 9.31. The molecule has 0 rings (SSSR count). The molecule has 52 heavy (non-hydrogen) atoms. The van der Waals surface area contributed by atoms with Crippen LogP contribution in [0.3, 0.4) is 0 Å². The summed E-state index contributed by atoms with van der Waals surface area (Å²) in [6, 6.07) is -1.52. The molecule has 0 radical (unpaired) electrons. The molecule has 4 N–H and O–H groups in total. The van der Waals surface area contributed by atoms with E-state index in [4.69, 9.17) is 24.8 Å². The number of allylic oxidation sites excluding steroid dienone is 6. The van der Waals surface area contributed by atoms with Gasteiger partial charge in [0.2, 0.25) is 0 Å². The Labute approximate surface area is 314 Å². The number of nitrogens with two attached hydrogens (primary N) is 1. The van der Waals surface area contributed by atoms with Gasteiger partial charge in [-0.3, -0.25) is 23.4 Å². The van der Waals surface area contributed by atoms with E-state index in [1.807, 2.05) is 0 Å². The Balaban J connectivity index is 4.46. The number of unbranched alkanes of at least 4 members (excludes halogenated alkanes) is 17. The van der Waals surface area contributed by atoms with Crippen LogP contribution < -0.4 is 5.73 Å². The van der Waals surface area contributed by atoms with E-state index < -0.39 is 51.1 Å². The van der Waals surface area contributed by atoms with E-state index in [9.17, 15) is 23.8 Å². The minimum atomic E-state index is -4.72. The summed E-state index contributed by atoms with van der Waals surface area (Å²) < 4.78 is 32.6. The van der Waals surface area contributed by atoms with Gasteiger partial charge in [-0.1, -0.05) is 127 Å². The molecule has 0 aromatic rings. The zero-order valence-corrected chi connectivity index (χ0v) is 33.3. The molecular formula is C40H72NO10P. The number of carbonyl (C=O) groups is 3. The Morgan fingerprint density at radius 2 is 1.04 bits per heavy atom. The van der Waals surface area contributed by atoms with Crippen LogP contribution in [-0.4, -0.2) is 59.9 Å². The average molecular weight is 758 g/mol. The first-order valence-corrected chi connectivity index (χ1v) is 21.5. The van der Waals surface area contributed by atoms with Gasteiger partial charge >= 0.3 is 25.7 Å². The van der Waals surface area contributed by atoms with Crippen molar-refractivity contribution in [2.45, 2.75) is 180 Å². The number of carboxylic acids is 1. The standard InChI is InChI=1S/C40H72NO10P/c1-3-5-7-9-11-13-15-17-19-21-23-25-27-29-31-38(42)48-33-36(34-49-52(46,47)50-35-37(41)40(44)45)51-39(43)32-30-28-26-24-22-20-18-16-14-12-10-8-6-4-2/h10,12,15-18,36-37H,3-9,11,13-14,19-35,41H2,1-2H3,(H,44,45)(H,46,47)/b12-10-,17-15-,18-16-/t36-,37+/m1/s1. The Kier molecular flexibility index (Phi) is 34.1. The lowest BCUT2D eigenvalue weighted by Gasteiger charge is -2.20. The number of aliphatic carboxylic acids is 1. The normalized spacial score (nSPS) is 14.2. The van der Waals surface area contributed by atoms with Crippen LogP contribution in [-0.2, 0) is 37.5 Å². The summed E-state index contributed by atoms with van der Waals surface area (Å²) in [4.78, 5) is 45.8. The van der Waals surface area contributed by atoms with Crippen LogP contribution in [0.2, 0.25) is 0 Å². The summed E-state index contributed by atoms with van der Waals surface area (Å²) in [7, 11) is -4.72. The topological polar surface area (TPSA) is 172 Å². The van der Waals surface area contributed by atoms with E-state index in [0.717, 1.165) is 83.5 Å². The van der Waals surface area contributed by atoms with Crippen molar-refractivity contribution in [1.82, 2.24) is 0 Å². The number of hydrogen-bond acceptors (Lipinski definition) is 9. The molecule has 1 unspecified atom stereocenters. The van der Waals surface area contributed by atoms with Crippen molar-refractivity contribution in [3.8, 4) is 0 Å². The summed E-state index contributed by atoms with van der Waals surface area (Å²) in [6.07, 6.45) is 36.4. The number of carbonyl (C=O) groups excluding carboxylic acids is 2. The molecule has 302 valence electrons. The molecule has 0 spiro atoms. The Morgan fingerprint density at radius 1 is 0.596 bits per heavy atom. The van der Waals surface area contributed by atoms with Gasteiger partial charge in [-0.2, -0.15) is 0 Å². The fourth-order valence-electron chi connectivity index (χ4n) is 5.13. The molecule has 0 aliphatic carbocycles. The van der Waals surface area contributed by atoms with Crippen LogP contribution in [0.4, 0.5) is 0 Å². The van der Waals surface area contributed by atoms with Gasteiger partial charge in [0.1, 0.15) is 12.6 Å². The highest BCUT2D eigenvalue weighted by Gasteiger charge is 2.28. The molecule has 0 amide bonds. The predicted octanol–water partition coefficient (Wildman–Crippen LogP) is 10.1. The fraction of sp³-hybridized carbons (Fsp3) is 0.775. The number of ether oxygens (including phenoxy) is 2. The lowest BCUT2D eigenvalue weighted by atomic mass is 10.1. The van der Waals surface area contributed by atoms with E-state index >= 15 is 0 Å². The van der Waals surface area contributed by atoms with E-state index in [0.29, 0.717) is 12.8 Å². The fourth-order valence-corrected chi connectivity index (χ4v) is 5.91. The van der Waals surface area contributed by atoms with Crippen LogP contribution in [0.15, 0.2) is 36.5 Å². The number of hydrogen-bond donors (Lipinski definition) is 3. The third kappa shape index (κ3) is 34.8. The van der Waals surface area contributed by atoms with Crippen molar-refractivity contribution in [2.24, 2.45) is 5.73 Å². The van der Waals surface area contributed by atoms with Gasteiger partial charge in [0.15, 0.2) is 6.10 Å². The van der Waals surface area contributed by atoms with Crippen LogP contribution in [0.5, 0.6) is 0 Å². The highest BCUT2D eigenvalue weighted by molar-refractivity contribution is 7.47. The summed E-state index contributed by atoms with van der Waals surface area (Å²) >= 11 is 0. The van der Waals surface area contributed by atoms with Crippen molar-refractivity contribution in [3.63, 3.8) is 0 Å². The SMILES string of the molecule is CCCC/C=C\C/C=C\CCCCCCCC(=O)O[C@H](COC(=O)CCCCCCC/C=C\CCCCCCC)COP(=O)(O)OC[C@H](N)C(=O)O. The first-order valence-electron chi connectivity index (χ1n) is 20.0. The largest absolute Gasteiger partial charge is 0.480 e. The second-order valence-electron chi connectivity index (χ2n) is 13.4.